The second-order valence-electron chi connectivity index (χ2n) is 5.08. The molecule has 0 amide bonds. The van der Waals surface area contributed by atoms with Crippen LogP contribution < -0.4 is 15.2 Å². The van der Waals surface area contributed by atoms with Crippen molar-refractivity contribution < 1.29 is 9.47 Å². The van der Waals surface area contributed by atoms with Gasteiger partial charge >= 0.3 is 0 Å². The topological polar surface area (TPSA) is 44.5 Å². The van der Waals surface area contributed by atoms with Crippen LogP contribution in [0.15, 0.2) is 42.5 Å². The Bertz CT molecular complexity index is 606. The molecule has 3 heteroatoms. The van der Waals surface area contributed by atoms with Crippen LogP contribution in [0.1, 0.15) is 23.6 Å². The Labute approximate surface area is 120 Å². The molecule has 2 aromatic rings. The van der Waals surface area contributed by atoms with Gasteiger partial charge in [0.1, 0.15) is 11.5 Å². The first-order chi connectivity index (χ1) is 9.50. The van der Waals surface area contributed by atoms with Gasteiger partial charge in [-0.25, -0.2) is 0 Å². The molecule has 20 heavy (non-hydrogen) atoms. The highest BCUT2D eigenvalue weighted by molar-refractivity contribution is 5.50. The Morgan fingerprint density at radius 3 is 2.25 bits per heavy atom. The van der Waals surface area contributed by atoms with Crippen LogP contribution in [0.5, 0.6) is 11.5 Å². The van der Waals surface area contributed by atoms with E-state index in [1.165, 1.54) is 0 Å². The Kier molecular flexibility index (Phi) is 4.00. The monoisotopic (exact) mass is 271 g/mol. The molecule has 0 fully saturated rings. The molecule has 2 N–H and O–H groups in total. The predicted molar refractivity (Wildman–Crippen MR) is 81.4 cm³/mol. The summed E-state index contributed by atoms with van der Waals surface area (Å²) in [7, 11) is 3.30. The van der Waals surface area contributed by atoms with Gasteiger partial charge in [-0.2, -0.15) is 0 Å². The van der Waals surface area contributed by atoms with Gasteiger partial charge in [0.2, 0.25) is 0 Å². The lowest BCUT2D eigenvalue weighted by Crippen LogP contribution is -2.35. The molecule has 2 rings (SSSR count). The third-order valence-electron chi connectivity index (χ3n) is 3.67. The number of aryl methyl sites for hydroxylation is 1. The third-order valence-corrected chi connectivity index (χ3v) is 3.67. The average molecular weight is 271 g/mol. The maximum absolute atomic E-state index is 6.62. The number of hydrogen-bond donors (Lipinski definition) is 1. The third kappa shape index (κ3) is 2.49. The van der Waals surface area contributed by atoms with Gasteiger partial charge in [-0.1, -0.05) is 24.3 Å². The lowest BCUT2D eigenvalue weighted by molar-refractivity contribution is 0.389. The summed E-state index contributed by atoms with van der Waals surface area (Å²) in [5.74, 6) is 1.53. The zero-order chi connectivity index (χ0) is 14.8. The van der Waals surface area contributed by atoms with Crippen LogP contribution in [0, 0.1) is 6.92 Å². The van der Waals surface area contributed by atoms with Gasteiger partial charge in [0, 0.05) is 5.56 Å². The highest BCUT2D eigenvalue weighted by atomic mass is 16.5. The van der Waals surface area contributed by atoms with Gasteiger partial charge < -0.3 is 15.2 Å². The van der Waals surface area contributed by atoms with Crippen molar-refractivity contribution in [3.05, 3.63) is 59.2 Å². The molecule has 3 nitrogen and oxygen atoms in total. The second-order valence-corrected chi connectivity index (χ2v) is 5.08. The van der Waals surface area contributed by atoms with Crippen molar-refractivity contribution in [2.24, 2.45) is 5.73 Å². The van der Waals surface area contributed by atoms with Crippen LogP contribution in [0.25, 0.3) is 0 Å². The number of benzene rings is 2. The smallest absolute Gasteiger partial charge is 0.124 e. The van der Waals surface area contributed by atoms with Crippen LogP contribution in [0.2, 0.25) is 0 Å². The Morgan fingerprint density at radius 2 is 1.65 bits per heavy atom. The van der Waals surface area contributed by atoms with Crippen LogP contribution in [-0.2, 0) is 5.54 Å². The van der Waals surface area contributed by atoms with E-state index in [9.17, 15) is 0 Å². The number of ether oxygens (including phenoxy) is 2. The fraction of sp³-hybridized carbons (Fsp3) is 0.294. The van der Waals surface area contributed by atoms with E-state index in [1.54, 1.807) is 14.2 Å². The first-order valence-corrected chi connectivity index (χ1v) is 6.58. The van der Waals surface area contributed by atoms with Crippen LogP contribution in [0.3, 0.4) is 0 Å². The van der Waals surface area contributed by atoms with Gasteiger partial charge in [0.05, 0.1) is 19.8 Å². The minimum atomic E-state index is -0.648. The van der Waals surface area contributed by atoms with E-state index in [-0.39, 0.29) is 0 Å². The average Bonchev–Trinajstić information content (AvgIpc) is 2.46. The second kappa shape index (κ2) is 5.55. The molecule has 0 aromatic heterocycles. The van der Waals surface area contributed by atoms with E-state index in [1.807, 2.05) is 43.3 Å². The molecule has 0 saturated carbocycles. The molecule has 0 saturated heterocycles. The Morgan fingerprint density at radius 1 is 0.950 bits per heavy atom. The van der Waals surface area contributed by atoms with Gasteiger partial charge in [0.25, 0.3) is 0 Å². The van der Waals surface area contributed by atoms with Gasteiger partial charge in [-0.05, 0) is 43.2 Å². The number of hydrogen-bond acceptors (Lipinski definition) is 3. The molecule has 0 aliphatic rings. The molecule has 0 aliphatic carbocycles. The fourth-order valence-electron chi connectivity index (χ4n) is 2.52. The maximum atomic E-state index is 6.62. The zero-order valence-corrected chi connectivity index (χ0v) is 12.4. The van der Waals surface area contributed by atoms with Gasteiger partial charge in [0.15, 0.2) is 0 Å². The van der Waals surface area contributed by atoms with Crippen LogP contribution in [0.4, 0.5) is 0 Å². The Balaban J connectivity index is 2.61. The standard InChI is InChI=1S/C17H21NO2/c1-12-7-5-6-8-14(12)17(2,18)15-11-13(19-3)9-10-16(15)20-4/h5-11H,18H2,1-4H3. The molecule has 0 aliphatic heterocycles. The van der Waals surface area contributed by atoms with Gasteiger partial charge in [-0.15, -0.1) is 0 Å². The normalized spacial score (nSPS) is 13.7. The molecule has 0 heterocycles. The fourth-order valence-corrected chi connectivity index (χ4v) is 2.52. The SMILES string of the molecule is COc1ccc(OC)c(C(C)(N)c2ccccc2C)c1. The predicted octanol–water partition coefficient (Wildman–Crippen LogP) is 3.23. The molecule has 2 aromatic carbocycles. The van der Waals surface area contributed by atoms with Crippen molar-refractivity contribution >= 4 is 0 Å². The summed E-state index contributed by atoms with van der Waals surface area (Å²) in [5, 5.41) is 0. The summed E-state index contributed by atoms with van der Waals surface area (Å²) in [6, 6.07) is 13.8. The van der Waals surface area contributed by atoms with Crippen molar-refractivity contribution in [1.29, 1.82) is 0 Å². The van der Waals surface area contributed by atoms with Crippen LogP contribution >= 0.6 is 0 Å². The zero-order valence-electron chi connectivity index (χ0n) is 12.4. The maximum Gasteiger partial charge on any atom is 0.124 e. The summed E-state index contributed by atoms with van der Waals surface area (Å²) >= 11 is 0. The minimum absolute atomic E-state index is 0.648. The van der Waals surface area contributed by atoms with Crippen molar-refractivity contribution in [1.82, 2.24) is 0 Å². The van der Waals surface area contributed by atoms with E-state index >= 15 is 0 Å². The minimum Gasteiger partial charge on any atom is -0.497 e. The largest absolute Gasteiger partial charge is 0.497 e. The van der Waals surface area contributed by atoms with E-state index in [4.69, 9.17) is 15.2 Å². The van der Waals surface area contributed by atoms with Crippen molar-refractivity contribution in [2.45, 2.75) is 19.4 Å². The van der Waals surface area contributed by atoms with E-state index in [0.717, 1.165) is 28.2 Å². The summed E-state index contributed by atoms with van der Waals surface area (Å²) in [6.45, 7) is 4.06. The molecule has 0 spiro atoms. The molecule has 0 radical (unpaired) electrons. The van der Waals surface area contributed by atoms with E-state index in [0.29, 0.717) is 0 Å². The van der Waals surface area contributed by atoms with Crippen molar-refractivity contribution in [3.8, 4) is 11.5 Å². The Hall–Kier alpha value is -2.00. The lowest BCUT2D eigenvalue weighted by Gasteiger charge is -2.29. The number of nitrogens with two attached hydrogens (primary N) is 1. The lowest BCUT2D eigenvalue weighted by atomic mass is 9.82. The summed E-state index contributed by atoms with van der Waals surface area (Å²) < 4.78 is 10.8. The summed E-state index contributed by atoms with van der Waals surface area (Å²) in [6.07, 6.45) is 0. The van der Waals surface area contributed by atoms with Crippen molar-refractivity contribution in [2.75, 3.05) is 14.2 Å². The highest BCUT2D eigenvalue weighted by Gasteiger charge is 2.29. The molecular weight excluding hydrogens is 250 g/mol. The quantitative estimate of drug-likeness (QED) is 0.928. The number of rotatable bonds is 4. The van der Waals surface area contributed by atoms with E-state index in [2.05, 4.69) is 13.0 Å². The van der Waals surface area contributed by atoms with E-state index < -0.39 is 5.54 Å². The highest BCUT2D eigenvalue weighted by Crippen LogP contribution is 2.36. The first kappa shape index (κ1) is 14.4. The first-order valence-electron chi connectivity index (χ1n) is 6.58. The van der Waals surface area contributed by atoms with Crippen molar-refractivity contribution in [3.63, 3.8) is 0 Å². The summed E-state index contributed by atoms with van der Waals surface area (Å²) in [5.41, 5.74) is 9.12. The molecule has 1 atom stereocenters. The summed E-state index contributed by atoms with van der Waals surface area (Å²) in [4.78, 5) is 0. The molecule has 1 unspecified atom stereocenters. The molecule has 106 valence electrons. The van der Waals surface area contributed by atoms with Crippen LogP contribution in [-0.4, -0.2) is 14.2 Å². The van der Waals surface area contributed by atoms with Gasteiger partial charge in [-0.3, -0.25) is 0 Å². The number of methoxy groups -OCH3 is 2. The molecule has 0 bridgehead atoms. The molecular formula is C17H21NO2.